The normalized spacial score (nSPS) is 16.0. The molecule has 21 heavy (non-hydrogen) atoms. The summed E-state index contributed by atoms with van der Waals surface area (Å²) in [6, 6.07) is 4.13. The molecule has 0 unspecified atom stereocenters. The Morgan fingerprint density at radius 1 is 1.43 bits per heavy atom. The smallest absolute Gasteiger partial charge is 0.253 e. The van der Waals surface area contributed by atoms with Crippen molar-refractivity contribution in [1.82, 2.24) is 4.90 Å². The summed E-state index contributed by atoms with van der Waals surface area (Å²) >= 11 is 0. The molecule has 1 aliphatic heterocycles. The van der Waals surface area contributed by atoms with E-state index in [0.717, 1.165) is 12.8 Å². The van der Waals surface area contributed by atoms with E-state index in [0.29, 0.717) is 25.3 Å². The highest BCUT2D eigenvalue weighted by atomic mass is 19.1. The van der Waals surface area contributed by atoms with Gasteiger partial charge in [0.25, 0.3) is 5.91 Å². The third-order valence-electron chi connectivity index (χ3n) is 3.57. The van der Waals surface area contributed by atoms with E-state index < -0.39 is 5.82 Å². The predicted octanol–water partition coefficient (Wildman–Crippen LogP) is 1.45. The number of piperidine rings is 1. The molecule has 1 aromatic rings. The second-order valence-corrected chi connectivity index (χ2v) is 4.94. The lowest BCUT2D eigenvalue weighted by atomic mass is 10.1. The molecule has 6 heteroatoms. The molecule has 116 valence electrons. The second kappa shape index (κ2) is 7.38. The van der Waals surface area contributed by atoms with Crippen molar-refractivity contribution in [2.45, 2.75) is 18.9 Å². The van der Waals surface area contributed by atoms with Crippen LogP contribution in [0.2, 0.25) is 0 Å². The van der Waals surface area contributed by atoms with Crippen LogP contribution in [0.3, 0.4) is 0 Å². The fourth-order valence-corrected chi connectivity index (χ4v) is 2.42. The van der Waals surface area contributed by atoms with Crippen LogP contribution in [0, 0.1) is 5.82 Å². The van der Waals surface area contributed by atoms with Gasteiger partial charge in [0, 0.05) is 18.7 Å². The minimum absolute atomic E-state index is 0.00845. The molecule has 0 saturated carbocycles. The molecular formula is C15H20FNO4. The van der Waals surface area contributed by atoms with Gasteiger partial charge in [0.1, 0.15) is 0 Å². The Labute approximate surface area is 123 Å². The van der Waals surface area contributed by atoms with Gasteiger partial charge in [0.2, 0.25) is 0 Å². The Balaban J connectivity index is 1.95. The first kappa shape index (κ1) is 15.7. The summed E-state index contributed by atoms with van der Waals surface area (Å²) in [5, 5.41) is 8.73. The molecule has 1 fully saturated rings. The summed E-state index contributed by atoms with van der Waals surface area (Å²) in [6.45, 7) is 1.52. The highest BCUT2D eigenvalue weighted by molar-refractivity contribution is 5.94. The lowest BCUT2D eigenvalue weighted by Crippen LogP contribution is -2.41. The number of halogens is 1. The molecule has 5 nitrogen and oxygen atoms in total. The predicted molar refractivity (Wildman–Crippen MR) is 74.9 cm³/mol. The molecule has 0 atom stereocenters. The van der Waals surface area contributed by atoms with E-state index in [1.165, 1.54) is 25.3 Å². The molecule has 0 spiro atoms. The first-order chi connectivity index (χ1) is 10.2. The van der Waals surface area contributed by atoms with Crippen LogP contribution < -0.4 is 4.74 Å². The van der Waals surface area contributed by atoms with E-state index in [2.05, 4.69) is 0 Å². The number of carbonyl (C=O) groups excluding carboxylic acids is 1. The number of hydrogen-bond donors (Lipinski definition) is 1. The number of likely N-dealkylation sites (tertiary alicyclic amines) is 1. The molecule has 1 aromatic carbocycles. The summed E-state index contributed by atoms with van der Waals surface area (Å²) in [5.41, 5.74) is 0.419. The Hall–Kier alpha value is -1.66. The molecule has 0 aliphatic carbocycles. The summed E-state index contributed by atoms with van der Waals surface area (Å²) in [5.74, 6) is -0.541. The molecule has 2 rings (SSSR count). The Bertz CT molecular complexity index is 487. The fraction of sp³-hybridized carbons (Fsp3) is 0.533. The summed E-state index contributed by atoms with van der Waals surface area (Å²) in [7, 11) is 1.37. The van der Waals surface area contributed by atoms with Crippen molar-refractivity contribution in [1.29, 1.82) is 0 Å². The third-order valence-corrected chi connectivity index (χ3v) is 3.57. The number of aliphatic hydroxyl groups excluding tert-OH is 1. The summed E-state index contributed by atoms with van der Waals surface area (Å²) < 4.78 is 23.7. The van der Waals surface area contributed by atoms with Crippen molar-refractivity contribution in [3.8, 4) is 5.75 Å². The lowest BCUT2D eigenvalue weighted by molar-refractivity contribution is -0.00554. The number of aliphatic hydroxyl groups is 1. The number of rotatable bonds is 5. The zero-order valence-corrected chi connectivity index (χ0v) is 12.0. The minimum atomic E-state index is -0.481. The van der Waals surface area contributed by atoms with E-state index in [1.54, 1.807) is 4.90 Å². The van der Waals surface area contributed by atoms with Gasteiger partial charge in [-0.05, 0) is 31.0 Å². The van der Waals surface area contributed by atoms with Gasteiger partial charge < -0.3 is 19.5 Å². The average Bonchev–Trinajstić information content (AvgIpc) is 2.53. The van der Waals surface area contributed by atoms with E-state index in [4.69, 9.17) is 14.6 Å². The number of amides is 1. The van der Waals surface area contributed by atoms with Crippen molar-refractivity contribution in [2.24, 2.45) is 0 Å². The van der Waals surface area contributed by atoms with Crippen LogP contribution in [0.1, 0.15) is 23.2 Å². The molecule has 0 radical (unpaired) electrons. The Morgan fingerprint density at radius 2 is 2.14 bits per heavy atom. The number of nitrogens with zero attached hydrogens (tertiary/aromatic N) is 1. The first-order valence-corrected chi connectivity index (χ1v) is 7.01. The van der Waals surface area contributed by atoms with Gasteiger partial charge in [-0.1, -0.05) is 0 Å². The van der Waals surface area contributed by atoms with Gasteiger partial charge in [-0.15, -0.1) is 0 Å². The second-order valence-electron chi connectivity index (χ2n) is 4.94. The maximum Gasteiger partial charge on any atom is 0.253 e. The number of hydrogen-bond acceptors (Lipinski definition) is 4. The van der Waals surface area contributed by atoms with Gasteiger partial charge in [0.15, 0.2) is 11.6 Å². The van der Waals surface area contributed by atoms with Gasteiger partial charge in [-0.2, -0.15) is 0 Å². The monoisotopic (exact) mass is 297 g/mol. The highest BCUT2D eigenvalue weighted by Crippen LogP contribution is 2.21. The summed E-state index contributed by atoms with van der Waals surface area (Å²) in [6.07, 6.45) is 1.57. The first-order valence-electron chi connectivity index (χ1n) is 7.01. The van der Waals surface area contributed by atoms with E-state index >= 15 is 0 Å². The third kappa shape index (κ3) is 3.92. The minimum Gasteiger partial charge on any atom is -0.494 e. The molecule has 0 aromatic heterocycles. The number of carbonyl (C=O) groups is 1. The van der Waals surface area contributed by atoms with Crippen molar-refractivity contribution in [3.63, 3.8) is 0 Å². The van der Waals surface area contributed by atoms with Crippen LogP contribution in [0.15, 0.2) is 18.2 Å². The van der Waals surface area contributed by atoms with Gasteiger partial charge in [-0.25, -0.2) is 4.39 Å². The van der Waals surface area contributed by atoms with Crippen molar-refractivity contribution >= 4 is 5.91 Å². The molecule has 1 saturated heterocycles. The van der Waals surface area contributed by atoms with Crippen LogP contribution >= 0.6 is 0 Å². The largest absolute Gasteiger partial charge is 0.494 e. The molecule has 1 N–H and O–H groups in total. The van der Waals surface area contributed by atoms with Crippen molar-refractivity contribution in [3.05, 3.63) is 29.6 Å². The molecule has 1 aliphatic rings. The van der Waals surface area contributed by atoms with Crippen LogP contribution in [0.5, 0.6) is 5.75 Å². The maximum atomic E-state index is 13.4. The van der Waals surface area contributed by atoms with Crippen LogP contribution in [0.25, 0.3) is 0 Å². The fourth-order valence-electron chi connectivity index (χ4n) is 2.42. The van der Waals surface area contributed by atoms with Gasteiger partial charge >= 0.3 is 0 Å². The standard InChI is InChI=1S/C15H20FNO4/c1-20-14-10-11(2-3-13(14)16)15(19)17-6-4-12(5-7-17)21-9-8-18/h2-3,10,12,18H,4-9H2,1H3. The number of methoxy groups -OCH3 is 1. The SMILES string of the molecule is COc1cc(C(=O)N2CCC(OCCO)CC2)ccc1F. The van der Waals surface area contributed by atoms with Crippen molar-refractivity contribution < 1.29 is 23.8 Å². The molecular weight excluding hydrogens is 277 g/mol. The number of benzene rings is 1. The number of ether oxygens (including phenoxy) is 2. The van der Waals surface area contributed by atoms with Gasteiger partial charge in [-0.3, -0.25) is 4.79 Å². The lowest BCUT2D eigenvalue weighted by Gasteiger charge is -2.32. The van der Waals surface area contributed by atoms with Crippen LogP contribution in [-0.4, -0.2) is 55.4 Å². The quantitative estimate of drug-likeness (QED) is 0.893. The Kier molecular flexibility index (Phi) is 5.52. The Morgan fingerprint density at radius 3 is 2.76 bits per heavy atom. The molecule has 1 heterocycles. The van der Waals surface area contributed by atoms with E-state index in [9.17, 15) is 9.18 Å². The van der Waals surface area contributed by atoms with E-state index in [1.807, 2.05) is 0 Å². The summed E-state index contributed by atoms with van der Waals surface area (Å²) in [4.78, 5) is 14.1. The highest BCUT2D eigenvalue weighted by Gasteiger charge is 2.24. The zero-order chi connectivity index (χ0) is 15.2. The zero-order valence-electron chi connectivity index (χ0n) is 12.0. The van der Waals surface area contributed by atoms with Crippen LogP contribution in [-0.2, 0) is 4.74 Å². The van der Waals surface area contributed by atoms with Gasteiger partial charge in [0.05, 0.1) is 26.4 Å². The maximum absolute atomic E-state index is 13.4. The van der Waals surface area contributed by atoms with Crippen LogP contribution in [0.4, 0.5) is 4.39 Å². The van der Waals surface area contributed by atoms with E-state index in [-0.39, 0.29) is 24.4 Å². The average molecular weight is 297 g/mol. The molecule has 1 amide bonds. The molecule has 0 bridgehead atoms. The van der Waals surface area contributed by atoms with Crippen molar-refractivity contribution in [2.75, 3.05) is 33.4 Å². The topological polar surface area (TPSA) is 59.0 Å².